The molecule has 0 amide bonds. The molecule has 4 nitrogen and oxygen atoms in total. The summed E-state index contributed by atoms with van der Waals surface area (Å²) < 4.78 is 37.2. The maximum absolute atomic E-state index is 12.4. The summed E-state index contributed by atoms with van der Waals surface area (Å²) in [4.78, 5) is 2.51. The number of benzene rings is 1. The summed E-state index contributed by atoms with van der Waals surface area (Å²) >= 11 is 0. The Balaban J connectivity index is 2.99. The lowest BCUT2D eigenvalue weighted by molar-refractivity contribution is -0.137. The minimum atomic E-state index is -4.40. The fraction of sp³-hybridized carbons (Fsp3) is 0.200. The first-order chi connectivity index (χ1) is 7.95. The van der Waals surface area contributed by atoms with Gasteiger partial charge in [-0.25, -0.2) is 0 Å². The molecule has 1 aromatic rings. The van der Waals surface area contributed by atoms with Gasteiger partial charge in [-0.2, -0.15) is 13.2 Å². The molecule has 2 N–H and O–H groups in total. The van der Waals surface area contributed by atoms with Crippen LogP contribution in [0.25, 0.3) is 16.5 Å². The largest absolute Gasteiger partial charge is 0.416 e. The highest BCUT2D eigenvalue weighted by Crippen LogP contribution is 2.31. The van der Waals surface area contributed by atoms with Crippen LogP contribution >= 0.6 is 0 Å². The second kappa shape index (κ2) is 5.27. The van der Waals surface area contributed by atoms with Crippen molar-refractivity contribution in [1.29, 1.82) is 0 Å². The van der Waals surface area contributed by atoms with E-state index in [0.29, 0.717) is 0 Å². The molecule has 1 aromatic carbocycles. The number of nitrogens with two attached hydrogens (primary N) is 1. The van der Waals surface area contributed by atoms with Crippen LogP contribution in [0.2, 0.25) is 0 Å². The summed E-state index contributed by atoms with van der Waals surface area (Å²) in [7, 11) is 0. The molecule has 0 aliphatic rings. The van der Waals surface area contributed by atoms with Crippen LogP contribution in [0.1, 0.15) is 11.1 Å². The second-order valence-corrected chi connectivity index (χ2v) is 3.16. The number of nitrogens with zero attached hydrogens (tertiary/aromatic N) is 3. The van der Waals surface area contributed by atoms with Gasteiger partial charge < -0.3 is 5.73 Å². The quantitative estimate of drug-likeness (QED) is 0.374. The molecule has 0 spiro atoms. The summed E-state index contributed by atoms with van der Waals surface area (Å²) in [6, 6.07) is 3.05. The summed E-state index contributed by atoms with van der Waals surface area (Å²) in [6.07, 6.45) is -1.58. The zero-order chi connectivity index (χ0) is 12.9. The smallest absolute Gasteiger partial charge is 0.398 e. The Morgan fingerprint density at radius 1 is 1.41 bits per heavy atom. The molecule has 1 rings (SSSR count). The zero-order valence-corrected chi connectivity index (χ0v) is 8.65. The second-order valence-electron chi connectivity index (χ2n) is 3.16. The Bertz CT molecular complexity index is 473. The van der Waals surface area contributed by atoms with Crippen molar-refractivity contribution >= 4 is 11.8 Å². The van der Waals surface area contributed by atoms with Crippen molar-refractivity contribution in [3.63, 3.8) is 0 Å². The number of nitrogen functional groups attached to an aromatic ring is 1. The minimum Gasteiger partial charge on any atom is -0.398 e. The predicted octanol–water partition coefficient (Wildman–Crippen LogP) is 3.61. The number of alkyl halides is 3. The van der Waals surface area contributed by atoms with Crippen molar-refractivity contribution in [3.8, 4) is 0 Å². The fourth-order valence-electron chi connectivity index (χ4n) is 1.16. The van der Waals surface area contributed by atoms with E-state index in [1.807, 2.05) is 0 Å². The Kier molecular flexibility index (Phi) is 4.01. The van der Waals surface area contributed by atoms with Crippen LogP contribution in [0.4, 0.5) is 18.9 Å². The fourth-order valence-corrected chi connectivity index (χ4v) is 1.16. The maximum atomic E-state index is 12.4. The van der Waals surface area contributed by atoms with Crippen LogP contribution in [0.3, 0.4) is 0 Å². The minimum absolute atomic E-state index is 0.0617. The molecule has 17 heavy (non-hydrogen) atoms. The molecule has 0 saturated heterocycles. The summed E-state index contributed by atoms with van der Waals surface area (Å²) in [6.45, 7) is 0.0617. The van der Waals surface area contributed by atoms with Crippen molar-refractivity contribution in [2.24, 2.45) is 5.11 Å². The third-order valence-corrected chi connectivity index (χ3v) is 1.96. The van der Waals surface area contributed by atoms with Gasteiger partial charge in [0.25, 0.3) is 0 Å². The monoisotopic (exact) mass is 242 g/mol. The van der Waals surface area contributed by atoms with Gasteiger partial charge in [0.1, 0.15) is 0 Å². The highest BCUT2D eigenvalue weighted by Gasteiger charge is 2.30. The molecule has 0 radical (unpaired) electrons. The lowest BCUT2D eigenvalue weighted by Gasteiger charge is -2.08. The first-order valence-electron chi connectivity index (χ1n) is 4.59. The van der Waals surface area contributed by atoms with Gasteiger partial charge in [-0.1, -0.05) is 17.3 Å². The third kappa shape index (κ3) is 3.73. The summed E-state index contributed by atoms with van der Waals surface area (Å²) in [5, 5.41) is 3.22. The molecule has 0 fully saturated rings. The van der Waals surface area contributed by atoms with Gasteiger partial charge >= 0.3 is 6.18 Å². The Labute approximate surface area is 95.2 Å². The molecule has 0 atom stereocenters. The van der Waals surface area contributed by atoms with Crippen LogP contribution in [-0.2, 0) is 6.18 Å². The number of azide groups is 1. The molecule has 90 valence electrons. The van der Waals surface area contributed by atoms with Gasteiger partial charge in [-0.15, -0.1) is 0 Å². The highest BCUT2D eigenvalue weighted by atomic mass is 19.4. The number of anilines is 1. The summed E-state index contributed by atoms with van der Waals surface area (Å²) in [5.41, 5.74) is 13.3. The first-order valence-corrected chi connectivity index (χ1v) is 4.59. The lowest BCUT2D eigenvalue weighted by atomic mass is 10.1. The number of hydrogen-bond donors (Lipinski definition) is 1. The third-order valence-electron chi connectivity index (χ3n) is 1.96. The Hall–Kier alpha value is -2.14. The van der Waals surface area contributed by atoms with E-state index in [2.05, 4.69) is 10.0 Å². The maximum Gasteiger partial charge on any atom is 0.416 e. The molecule has 0 aliphatic carbocycles. The van der Waals surface area contributed by atoms with E-state index in [9.17, 15) is 13.2 Å². The van der Waals surface area contributed by atoms with Gasteiger partial charge in [0.2, 0.25) is 0 Å². The highest BCUT2D eigenvalue weighted by molar-refractivity contribution is 5.65. The van der Waals surface area contributed by atoms with Gasteiger partial charge in [0.15, 0.2) is 0 Å². The van der Waals surface area contributed by atoms with Crippen molar-refractivity contribution in [2.75, 3.05) is 12.3 Å². The standard InChI is InChI=1S/C10H9F3N4/c11-10(12,13)8-3-4-9(14)7(6-8)2-1-5-16-17-15/h1-4,6H,5,14H2. The molecule has 0 aliphatic heterocycles. The van der Waals surface area contributed by atoms with E-state index >= 15 is 0 Å². The number of halogens is 3. The Morgan fingerprint density at radius 3 is 2.71 bits per heavy atom. The Morgan fingerprint density at radius 2 is 2.12 bits per heavy atom. The number of rotatable bonds is 3. The molecule has 0 bridgehead atoms. The predicted molar refractivity (Wildman–Crippen MR) is 58.9 cm³/mol. The van der Waals surface area contributed by atoms with Gasteiger partial charge in [-0.05, 0) is 29.3 Å². The van der Waals surface area contributed by atoms with E-state index in [1.165, 1.54) is 18.2 Å². The summed E-state index contributed by atoms with van der Waals surface area (Å²) in [5.74, 6) is 0. The first kappa shape index (κ1) is 12.9. The van der Waals surface area contributed by atoms with E-state index in [4.69, 9.17) is 11.3 Å². The molecule has 0 heterocycles. The van der Waals surface area contributed by atoms with Crippen molar-refractivity contribution in [3.05, 3.63) is 45.8 Å². The van der Waals surface area contributed by atoms with Gasteiger partial charge in [0.05, 0.1) is 5.56 Å². The molecule has 0 aromatic heterocycles. The molecule has 0 saturated carbocycles. The molecule has 7 heteroatoms. The van der Waals surface area contributed by atoms with Crippen LogP contribution in [0, 0.1) is 0 Å². The van der Waals surface area contributed by atoms with E-state index < -0.39 is 11.7 Å². The lowest BCUT2D eigenvalue weighted by Crippen LogP contribution is -2.05. The topological polar surface area (TPSA) is 74.8 Å². The van der Waals surface area contributed by atoms with Crippen LogP contribution in [-0.4, -0.2) is 6.54 Å². The van der Waals surface area contributed by atoms with Crippen LogP contribution in [0.5, 0.6) is 0 Å². The van der Waals surface area contributed by atoms with Crippen LogP contribution in [0.15, 0.2) is 29.4 Å². The number of hydrogen-bond acceptors (Lipinski definition) is 2. The molecular weight excluding hydrogens is 233 g/mol. The average Bonchev–Trinajstić information content (AvgIpc) is 2.25. The van der Waals surface area contributed by atoms with Crippen molar-refractivity contribution in [2.45, 2.75) is 6.18 Å². The van der Waals surface area contributed by atoms with Crippen molar-refractivity contribution in [1.82, 2.24) is 0 Å². The van der Waals surface area contributed by atoms with E-state index in [-0.39, 0.29) is 17.8 Å². The normalized spacial score (nSPS) is 11.5. The molecule has 0 unspecified atom stereocenters. The molecular formula is C10H9F3N4. The van der Waals surface area contributed by atoms with Gasteiger partial charge in [0, 0.05) is 17.1 Å². The SMILES string of the molecule is [N-]=[N+]=NCC=Cc1cc(C(F)(F)F)ccc1N. The van der Waals surface area contributed by atoms with Gasteiger partial charge in [-0.3, -0.25) is 0 Å². The van der Waals surface area contributed by atoms with Crippen molar-refractivity contribution < 1.29 is 13.2 Å². The zero-order valence-electron chi connectivity index (χ0n) is 8.65. The van der Waals surface area contributed by atoms with Crippen LogP contribution < -0.4 is 5.73 Å². The average molecular weight is 242 g/mol. The van der Waals surface area contributed by atoms with E-state index in [0.717, 1.165) is 12.1 Å². The van der Waals surface area contributed by atoms with E-state index in [1.54, 1.807) is 0 Å².